The van der Waals surface area contributed by atoms with Crippen LogP contribution >= 0.6 is 0 Å². The highest BCUT2D eigenvalue weighted by Crippen LogP contribution is 2.29. The summed E-state index contributed by atoms with van der Waals surface area (Å²) < 4.78 is 17.4. The molecule has 3 amide bonds. The number of nitrogens with zero attached hydrogens (tertiary/aromatic N) is 2. The van der Waals surface area contributed by atoms with Gasteiger partial charge in [0.05, 0.1) is 26.2 Å². The predicted octanol–water partition coefficient (Wildman–Crippen LogP) is 1.97. The van der Waals surface area contributed by atoms with Crippen LogP contribution < -0.4 is 24.8 Å². The Morgan fingerprint density at radius 1 is 1.10 bits per heavy atom. The maximum atomic E-state index is 13.3. The lowest BCUT2D eigenvalue weighted by molar-refractivity contribution is -0.131. The first-order valence-corrected chi connectivity index (χ1v) is 13.5. The van der Waals surface area contributed by atoms with Gasteiger partial charge >= 0.3 is 0 Å². The number of nitrogens with one attached hydrogen (secondary N) is 2. The molecule has 1 aliphatic carbocycles. The minimum absolute atomic E-state index is 0.0307. The molecule has 3 heterocycles. The van der Waals surface area contributed by atoms with Crippen LogP contribution in [0.5, 0.6) is 17.2 Å². The highest BCUT2D eigenvalue weighted by molar-refractivity contribution is 5.95. The molecule has 10 nitrogen and oxygen atoms in total. The molecule has 0 aromatic heterocycles. The molecule has 2 aromatic rings. The fraction of sp³-hybridized carbons (Fsp3) is 0.483. The lowest BCUT2D eigenvalue weighted by Crippen LogP contribution is -2.45. The molecule has 2 aromatic carbocycles. The van der Waals surface area contributed by atoms with Crippen molar-refractivity contribution in [2.24, 2.45) is 0 Å². The van der Waals surface area contributed by atoms with Crippen LogP contribution in [0.25, 0.3) is 0 Å². The van der Waals surface area contributed by atoms with E-state index in [0.29, 0.717) is 55.0 Å². The molecule has 2 N–H and O–H groups in total. The zero-order valence-corrected chi connectivity index (χ0v) is 22.5. The van der Waals surface area contributed by atoms with Gasteiger partial charge in [0.15, 0.2) is 18.1 Å². The monoisotopic (exact) mass is 536 g/mol. The summed E-state index contributed by atoms with van der Waals surface area (Å²) in [6.45, 7) is 1.18. The fourth-order valence-electron chi connectivity index (χ4n) is 5.46. The van der Waals surface area contributed by atoms with E-state index >= 15 is 0 Å². The first-order valence-electron chi connectivity index (χ1n) is 13.5. The van der Waals surface area contributed by atoms with Crippen molar-refractivity contribution in [3.63, 3.8) is 0 Å². The number of benzene rings is 2. The molecule has 4 bridgehead atoms. The molecular weight excluding hydrogens is 500 g/mol. The molecule has 39 heavy (non-hydrogen) atoms. The van der Waals surface area contributed by atoms with Gasteiger partial charge < -0.3 is 29.7 Å². The molecule has 6 rings (SSSR count). The van der Waals surface area contributed by atoms with Crippen LogP contribution in [0.4, 0.5) is 0 Å². The van der Waals surface area contributed by atoms with E-state index in [4.69, 9.17) is 14.2 Å². The van der Waals surface area contributed by atoms with Crippen LogP contribution in [0, 0.1) is 0 Å². The summed E-state index contributed by atoms with van der Waals surface area (Å²) in [6.07, 6.45) is 4.24. The molecule has 0 unspecified atom stereocenters. The number of likely N-dealkylation sites (tertiary alicyclic amines) is 1. The number of amides is 3. The number of ether oxygens (including phenoxy) is 3. The van der Waals surface area contributed by atoms with Gasteiger partial charge in [-0.1, -0.05) is 25.0 Å². The zero-order chi connectivity index (χ0) is 27.4. The van der Waals surface area contributed by atoms with Crippen molar-refractivity contribution in [2.45, 2.75) is 50.4 Å². The van der Waals surface area contributed by atoms with Gasteiger partial charge in [-0.2, -0.15) is 0 Å². The maximum absolute atomic E-state index is 13.3. The van der Waals surface area contributed by atoms with Crippen molar-refractivity contribution >= 4 is 17.7 Å². The van der Waals surface area contributed by atoms with Crippen molar-refractivity contribution in [3.05, 3.63) is 53.6 Å². The average Bonchev–Trinajstić information content (AvgIpc) is 3.62. The van der Waals surface area contributed by atoms with Crippen LogP contribution in [0.15, 0.2) is 42.5 Å². The molecule has 3 aliphatic heterocycles. The number of hydrogen-bond acceptors (Lipinski definition) is 7. The Labute approximate surface area is 228 Å². The normalized spacial score (nSPS) is 22.0. The lowest BCUT2D eigenvalue weighted by Gasteiger charge is -2.26. The number of carbonyl (C=O) groups is 3. The second kappa shape index (κ2) is 11.9. The van der Waals surface area contributed by atoms with Crippen LogP contribution in [0.1, 0.15) is 41.6 Å². The Kier molecular flexibility index (Phi) is 8.21. The van der Waals surface area contributed by atoms with Crippen molar-refractivity contribution in [1.82, 2.24) is 20.4 Å². The first kappa shape index (κ1) is 26.8. The Morgan fingerprint density at radius 3 is 2.62 bits per heavy atom. The minimum Gasteiger partial charge on any atom is -0.493 e. The Hall–Kier alpha value is -3.79. The van der Waals surface area contributed by atoms with Crippen LogP contribution in [-0.4, -0.2) is 86.1 Å². The topological polar surface area (TPSA) is 109 Å². The number of hydrogen-bond donors (Lipinski definition) is 2. The number of fused-ring (bicyclic) bond motifs is 7. The number of carbonyl (C=O) groups excluding carboxylic acids is 3. The third-order valence-corrected chi connectivity index (χ3v) is 7.75. The van der Waals surface area contributed by atoms with Crippen molar-refractivity contribution in [1.29, 1.82) is 0 Å². The van der Waals surface area contributed by atoms with E-state index in [1.807, 2.05) is 31.3 Å². The van der Waals surface area contributed by atoms with Gasteiger partial charge in [0.2, 0.25) is 5.91 Å². The second-order valence-electron chi connectivity index (χ2n) is 10.5. The summed E-state index contributed by atoms with van der Waals surface area (Å²) in [6, 6.07) is 12.3. The molecular formula is C29H36N4O6. The summed E-state index contributed by atoms with van der Waals surface area (Å²) in [5.74, 6) is 0.739. The van der Waals surface area contributed by atoms with E-state index in [1.54, 1.807) is 23.1 Å². The number of methoxy groups -OCH3 is 1. The summed E-state index contributed by atoms with van der Waals surface area (Å²) in [5.41, 5.74) is 1.26. The van der Waals surface area contributed by atoms with E-state index in [0.717, 1.165) is 18.4 Å². The van der Waals surface area contributed by atoms with Crippen molar-refractivity contribution in [3.8, 4) is 17.2 Å². The van der Waals surface area contributed by atoms with Gasteiger partial charge in [0, 0.05) is 24.7 Å². The lowest BCUT2D eigenvalue weighted by atomic mass is 10.1. The third-order valence-electron chi connectivity index (χ3n) is 7.75. The van der Waals surface area contributed by atoms with Gasteiger partial charge in [-0.05, 0) is 55.8 Å². The smallest absolute Gasteiger partial charge is 0.258 e. The van der Waals surface area contributed by atoms with Crippen LogP contribution in [0.3, 0.4) is 0 Å². The van der Waals surface area contributed by atoms with E-state index in [9.17, 15) is 14.4 Å². The highest BCUT2D eigenvalue weighted by Gasteiger charge is 2.38. The number of rotatable bonds is 4. The van der Waals surface area contributed by atoms with E-state index in [2.05, 4.69) is 15.5 Å². The molecule has 1 saturated heterocycles. The quantitative estimate of drug-likeness (QED) is 0.615. The molecule has 10 heteroatoms. The van der Waals surface area contributed by atoms with Crippen LogP contribution in [0.2, 0.25) is 0 Å². The highest BCUT2D eigenvalue weighted by atomic mass is 16.5. The first-order chi connectivity index (χ1) is 18.9. The van der Waals surface area contributed by atoms with E-state index in [1.165, 1.54) is 20.0 Å². The van der Waals surface area contributed by atoms with Crippen molar-refractivity contribution in [2.75, 3.05) is 40.4 Å². The summed E-state index contributed by atoms with van der Waals surface area (Å²) in [5, 5.41) is 5.89. The third kappa shape index (κ3) is 6.44. The van der Waals surface area contributed by atoms with E-state index < -0.39 is 12.1 Å². The molecule has 0 radical (unpaired) electrons. The maximum Gasteiger partial charge on any atom is 0.258 e. The summed E-state index contributed by atoms with van der Waals surface area (Å²) in [4.78, 5) is 42.9. The van der Waals surface area contributed by atoms with Gasteiger partial charge in [0.25, 0.3) is 11.8 Å². The summed E-state index contributed by atoms with van der Waals surface area (Å²) in [7, 11) is 3.51. The molecule has 4 aliphatic rings. The van der Waals surface area contributed by atoms with Gasteiger partial charge in [0.1, 0.15) is 11.9 Å². The Morgan fingerprint density at radius 2 is 1.87 bits per heavy atom. The molecule has 2 atom stereocenters. The second-order valence-corrected chi connectivity index (χ2v) is 10.5. The molecule has 2 fully saturated rings. The van der Waals surface area contributed by atoms with Crippen LogP contribution in [-0.2, 0) is 16.1 Å². The van der Waals surface area contributed by atoms with Gasteiger partial charge in [-0.15, -0.1) is 0 Å². The molecule has 0 spiro atoms. The average molecular weight is 537 g/mol. The van der Waals surface area contributed by atoms with Crippen molar-refractivity contribution < 1.29 is 28.6 Å². The van der Waals surface area contributed by atoms with E-state index in [-0.39, 0.29) is 24.3 Å². The van der Waals surface area contributed by atoms with Gasteiger partial charge in [-0.3, -0.25) is 19.3 Å². The SMILES string of the molecule is COc1ccc2cc1OCC(=O)NCc1ccc(cc1)O[C@H]1CN(C(=O)CN(C)C3CCCC3)C[C@@H]1NC2=O. The Bertz CT molecular complexity index is 1200. The fourth-order valence-corrected chi connectivity index (χ4v) is 5.46. The molecule has 208 valence electrons. The predicted molar refractivity (Wildman–Crippen MR) is 144 cm³/mol. The standard InChI is InChI=1S/C29H36N4O6/c1-32(21-5-3-4-6-21)17-28(35)33-15-23-26(16-33)39-22-10-7-19(8-11-22)14-30-27(34)18-38-25-13-20(29(36)31-23)9-12-24(25)37-2/h7-13,21,23,26H,3-6,14-18H2,1-2H3,(H,30,34)(H,31,36)/t23-,26-/m0/s1. The largest absolute Gasteiger partial charge is 0.493 e. The number of likely N-dealkylation sites (N-methyl/N-ethyl adjacent to an activating group) is 1. The minimum atomic E-state index is -0.426. The summed E-state index contributed by atoms with van der Waals surface area (Å²) >= 11 is 0. The zero-order valence-electron chi connectivity index (χ0n) is 22.5. The van der Waals surface area contributed by atoms with Gasteiger partial charge in [-0.25, -0.2) is 0 Å². The Balaban J connectivity index is 1.37. The molecule has 1 saturated carbocycles.